The van der Waals surface area contributed by atoms with E-state index < -0.39 is 0 Å². The summed E-state index contributed by atoms with van der Waals surface area (Å²) in [5.41, 5.74) is 7.44. The van der Waals surface area contributed by atoms with Gasteiger partial charge in [0, 0.05) is 23.5 Å². The fraction of sp³-hybridized carbons (Fsp3) is 0.786. The fourth-order valence-corrected chi connectivity index (χ4v) is 3.76. The first-order chi connectivity index (χ1) is 8.49. The van der Waals surface area contributed by atoms with Crippen LogP contribution in [-0.4, -0.2) is 17.6 Å². The number of anilines is 1. The number of nitrogens with two attached hydrogens (primary N) is 1. The molecular formula is C14H25N3S. The highest BCUT2D eigenvalue weighted by Crippen LogP contribution is 2.37. The van der Waals surface area contributed by atoms with Gasteiger partial charge >= 0.3 is 0 Å². The van der Waals surface area contributed by atoms with E-state index in [1.807, 2.05) is 11.3 Å². The zero-order valence-corrected chi connectivity index (χ0v) is 12.8. The van der Waals surface area contributed by atoms with Crippen molar-refractivity contribution >= 4 is 16.5 Å². The SMILES string of the molecule is CC(C)CN(c1nc2c(s1)C(N)CCC2)C(C)C. The second kappa shape index (κ2) is 5.57. The van der Waals surface area contributed by atoms with Crippen molar-refractivity contribution in [1.82, 2.24) is 4.98 Å². The minimum atomic E-state index is 0.216. The molecule has 1 aromatic rings. The maximum Gasteiger partial charge on any atom is 0.186 e. The molecule has 1 aromatic heterocycles. The molecule has 0 bridgehead atoms. The van der Waals surface area contributed by atoms with E-state index in [1.165, 1.54) is 22.1 Å². The Morgan fingerprint density at radius 3 is 2.67 bits per heavy atom. The van der Waals surface area contributed by atoms with Crippen molar-refractivity contribution in [3.8, 4) is 0 Å². The Morgan fingerprint density at radius 2 is 2.11 bits per heavy atom. The third-order valence-corrected chi connectivity index (χ3v) is 4.68. The van der Waals surface area contributed by atoms with Crippen LogP contribution in [0.1, 0.15) is 57.1 Å². The maximum atomic E-state index is 6.19. The number of rotatable bonds is 4. The molecule has 3 nitrogen and oxygen atoms in total. The molecule has 102 valence electrons. The first kappa shape index (κ1) is 13.8. The number of thiazole rings is 1. The lowest BCUT2D eigenvalue weighted by Gasteiger charge is -2.27. The molecule has 0 aliphatic heterocycles. The molecule has 1 aliphatic carbocycles. The molecule has 2 N–H and O–H groups in total. The number of aryl methyl sites for hydroxylation is 1. The van der Waals surface area contributed by atoms with E-state index in [2.05, 4.69) is 32.6 Å². The maximum absolute atomic E-state index is 6.19. The van der Waals surface area contributed by atoms with E-state index in [0.29, 0.717) is 12.0 Å². The summed E-state index contributed by atoms with van der Waals surface area (Å²) in [5, 5.41) is 1.17. The smallest absolute Gasteiger partial charge is 0.186 e. The summed E-state index contributed by atoms with van der Waals surface area (Å²) in [6.07, 6.45) is 3.40. The molecule has 0 amide bonds. The summed E-state index contributed by atoms with van der Waals surface area (Å²) >= 11 is 1.81. The molecule has 1 unspecified atom stereocenters. The van der Waals surface area contributed by atoms with Crippen LogP contribution in [0.4, 0.5) is 5.13 Å². The zero-order chi connectivity index (χ0) is 13.3. The zero-order valence-electron chi connectivity index (χ0n) is 11.9. The van der Waals surface area contributed by atoms with Gasteiger partial charge in [-0.1, -0.05) is 25.2 Å². The molecule has 0 saturated heterocycles. The Labute approximate surface area is 114 Å². The van der Waals surface area contributed by atoms with Gasteiger partial charge in [-0.3, -0.25) is 0 Å². The van der Waals surface area contributed by atoms with Gasteiger partial charge < -0.3 is 10.6 Å². The van der Waals surface area contributed by atoms with Crippen molar-refractivity contribution in [2.24, 2.45) is 11.7 Å². The molecule has 1 atom stereocenters. The largest absolute Gasteiger partial charge is 0.345 e. The van der Waals surface area contributed by atoms with Crippen LogP contribution in [-0.2, 0) is 6.42 Å². The highest BCUT2D eigenvalue weighted by Gasteiger charge is 2.24. The van der Waals surface area contributed by atoms with Crippen LogP contribution >= 0.6 is 11.3 Å². The van der Waals surface area contributed by atoms with Crippen LogP contribution in [0.5, 0.6) is 0 Å². The summed E-state index contributed by atoms with van der Waals surface area (Å²) in [6.45, 7) is 10.1. The molecule has 0 saturated carbocycles. The van der Waals surface area contributed by atoms with Crippen molar-refractivity contribution in [3.63, 3.8) is 0 Å². The van der Waals surface area contributed by atoms with E-state index in [0.717, 1.165) is 19.4 Å². The summed E-state index contributed by atoms with van der Waals surface area (Å²) in [5.74, 6) is 0.655. The van der Waals surface area contributed by atoms with Gasteiger partial charge in [0.25, 0.3) is 0 Å². The molecule has 1 heterocycles. The Balaban J connectivity index is 2.26. The van der Waals surface area contributed by atoms with E-state index in [1.54, 1.807) is 0 Å². The van der Waals surface area contributed by atoms with Crippen LogP contribution in [0, 0.1) is 5.92 Å². The first-order valence-electron chi connectivity index (χ1n) is 7.00. The predicted molar refractivity (Wildman–Crippen MR) is 79.3 cm³/mol. The average Bonchev–Trinajstić information content (AvgIpc) is 2.70. The monoisotopic (exact) mass is 267 g/mol. The number of nitrogens with zero attached hydrogens (tertiary/aromatic N) is 2. The van der Waals surface area contributed by atoms with Crippen LogP contribution in [0.25, 0.3) is 0 Å². The second-order valence-corrected chi connectivity index (χ2v) is 6.96. The minimum absolute atomic E-state index is 0.216. The number of hydrogen-bond acceptors (Lipinski definition) is 4. The molecule has 18 heavy (non-hydrogen) atoms. The van der Waals surface area contributed by atoms with E-state index >= 15 is 0 Å². The second-order valence-electron chi connectivity index (χ2n) is 5.95. The Kier molecular flexibility index (Phi) is 4.28. The highest BCUT2D eigenvalue weighted by molar-refractivity contribution is 7.15. The van der Waals surface area contributed by atoms with E-state index in [4.69, 9.17) is 10.7 Å². The van der Waals surface area contributed by atoms with Gasteiger partial charge in [0.05, 0.1) is 5.69 Å². The summed E-state index contributed by atoms with van der Waals surface area (Å²) < 4.78 is 0. The number of fused-ring (bicyclic) bond motifs is 1. The summed E-state index contributed by atoms with van der Waals surface area (Å²) in [4.78, 5) is 8.58. The van der Waals surface area contributed by atoms with Gasteiger partial charge in [0.2, 0.25) is 0 Å². The van der Waals surface area contributed by atoms with Crippen molar-refractivity contribution in [3.05, 3.63) is 10.6 Å². The van der Waals surface area contributed by atoms with Crippen LogP contribution < -0.4 is 10.6 Å². The minimum Gasteiger partial charge on any atom is -0.345 e. The quantitative estimate of drug-likeness (QED) is 0.909. The average molecular weight is 267 g/mol. The predicted octanol–water partition coefficient (Wildman–Crippen LogP) is 3.35. The van der Waals surface area contributed by atoms with Crippen molar-refractivity contribution in [1.29, 1.82) is 0 Å². The topological polar surface area (TPSA) is 42.2 Å². The first-order valence-corrected chi connectivity index (χ1v) is 7.82. The Bertz CT molecular complexity index is 398. The van der Waals surface area contributed by atoms with Crippen molar-refractivity contribution < 1.29 is 0 Å². The number of aromatic nitrogens is 1. The van der Waals surface area contributed by atoms with Gasteiger partial charge in [-0.05, 0) is 39.0 Å². The lowest BCUT2D eigenvalue weighted by atomic mass is 9.99. The third kappa shape index (κ3) is 2.86. The standard InChI is InChI=1S/C14H25N3S/c1-9(2)8-17(10(3)4)14-16-12-7-5-6-11(15)13(12)18-14/h9-11H,5-8,15H2,1-4H3. The molecule has 0 aromatic carbocycles. The van der Waals surface area contributed by atoms with Crippen LogP contribution in [0.3, 0.4) is 0 Å². The number of hydrogen-bond donors (Lipinski definition) is 1. The third-order valence-electron chi connectivity index (χ3n) is 3.41. The lowest BCUT2D eigenvalue weighted by Crippen LogP contribution is -2.34. The Hall–Kier alpha value is -0.610. The van der Waals surface area contributed by atoms with Gasteiger partial charge in [0.1, 0.15) is 0 Å². The molecule has 1 aliphatic rings. The molecule has 0 spiro atoms. The lowest BCUT2D eigenvalue weighted by molar-refractivity contribution is 0.563. The van der Waals surface area contributed by atoms with Gasteiger partial charge in [-0.25, -0.2) is 4.98 Å². The van der Waals surface area contributed by atoms with Gasteiger partial charge in [0.15, 0.2) is 5.13 Å². The molecule has 0 radical (unpaired) electrons. The Morgan fingerprint density at radius 1 is 1.39 bits per heavy atom. The van der Waals surface area contributed by atoms with Crippen molar-refractivity contribution in [2.75, 3.05) is 11.4 Å². The van der Waals surface area contributed by atoms with Crippen molar-refractivity contribution in [2.45, 2.75) is 59.0 Å². The molecule has 4 heteroatoms. The van der Waals surface area contributed by atoms with E-state index in [-0.39, 0.29) is 6.04 Å². The molecule has 0 fully saturated rings. The summed E-state index contributed by atoms with van der Waals surface area (Å²) in [6, 6.07) is 0.712. The summed E-state index contributed by atoms with van der Waals surface area (Å²) in [7, 11) is 0. The highest BCUT2D eigenvalue weighted by atomic mass is 32.1. The van der Waals surface area contributed by atoms with Gasteiger partial charge in [-0.15, -0.1) is 0 Å². The normalized spacial score (nSPS) is 19.4. The van der Waals surface area contributed by atoms with Crippen LogP contribution in [0.15, 0.2) is 0 Å². The van der Waals surface area contributed by atoms with Gasteiger partial charge in [-0.2, -0.15) is 0 Å². The molecular weight excluding hydrogens is 242 g/mol. The van der Waals surface area contributed by atoms with Crippen LogP contribution in [0.2, 0.25) is 0 Å². The molecule has 2 rings (SSSR count). The fourth-order valence-electron chi connectivity index (χ4n) is 2.47. The van der Waals surface area contributed by atoms with E-state index in [9.17, 15) is 0 Å².